The van der Waals surface area contributed by atoms with Gasteiger partial charge >= 0.3 is 0 Å². The molecule has 2 aliphatic rings. The van der Waals surface area contributed by atoms with Gasteiger partial charge in [0.2, 0.25) is 5.91 Å². The van der Waals surface area contributed by atoms with Gasteiger partial charge in [0.1, 0.15) is 10.9 Å². The first-order valence-corrected chi connectivity index (χ1v) is 13.4. The third-order valence-corrected chi connectivity index (χ3v) is 7.77. The fourth-order valence-corrected chi connectivity index (χ4v) is 5.86. The van der Waals surface area contributed by atoms with E-state index in [1.54, 1.807) is 0 Å². The summed E-state index contributed by atoms with van der Waals surface area (Å²) in [5.74, 6) is 1.14. The predicted octanol–water partition coefficient (Wildman–Crippen LogP) is 5.02. The molecule has 1 fully saturated rings. The van der Waals surface area contributed by atoms with Gasteiger partial charge in [-0.05, 0) is 42.2 Å². The van der Waals surface area contributed by atoms with Crippen LogP contribution in [-0.2, 0) is 28.9 Å². The van der Waals surface area contributed by atoms with E-state index in [0.717, 1.165) is 72.3 Å². The summed E-state index contributed by atoms with van der Waals surface area (Å²) < 4.78 is 5.48. The highest BCUT2D eigenvalue weighted by Crippen LogP contribution is 2.37. The lowest BCUT2D eigenvalue weighted by Gasteiger charge is -2.26. The minimum Gasteiger partial charge on any atom is -0.379 e. The number of rotatable bonds is 5. The zero-order valence-corrected chi connectivity index (χ0v) is 20.9. The minimum absolute atomic E-state index is 0.0548. The van der Waals surface area contributed by atoms with Gasteiger partial charge < -0.3 is 4.74 Å². The quantitative estimate of drug-likeness (QED) is 0.286. The van der Waals surface area contributed by atoms with Crippen molar-refractivity contribution < 1.29 is 9.53 Å². The normalized spacial score (nSPS) is 15.8. The lowest BCUT2D eigenvalue weighted by molar-refractivity contribution is -0.115. The van der Waals surface area contributed by atoms with Crippen LogP contribution in [0.1, 0.15) is 17.0 Å². The van der Waals surface area contributed by atoms with Crippen LogP contribution in [0.15, 0.2) is 77.8 Å². The molecule has 0 unspecified atom stereocenters. The van der Waals surface area contributed by atoms with E-state index in [1.807, 2.05) is 41.3 Å². The Kier molecular flexibility index (Phi) is 6.68. The number of amides is 1. The number of carbonyl (C=O) groups excluding carboxylic acids is 1. The largest absolute Gasteiger partial charge is 0.379 e. The van der Waals surface area contributed by atoms with Crippen LogP contribution in [0.25, 0.3) is 10.9 Å². The van der Waals surface area contributed by atoms with E-state index >= 15 is 0 Å². The van der Waals surface area contributed by atoms with E-state index in [2.05, 4.69) is 41.3 Å². The zero-order valence-electron chi connectivity index (χ0n) is 20.1. The molecule has 0 aliphatic carbocycles. The Hall–Kier alpha value is -3.26. The SMILES string of the molecule is O=C(CSc1nc(CN2CCOCC2)nc2ccccc12)N1c2ccccc2CCc2ccccc21. The molecule has 2 aliphatic heterocycles. The number of ether oxygens (including phenoxy) is 1. The van der Waals surface area contributed by atoms with Crippen molar-refractivity contribution in [1.29, 1.82) is 0 Å². The second-order valence-electron chi connectivity index (χ2n) is 9.13. The Morgan fingerprint density at radius 1 is 0.833 bits per heavy atom. The number of hydrogen-bond donors (Lipinski definition) is 0. The highest BCUT2D eigenvalue weighted by Gasteiger charge is 2.26. The Morgan fingerprint density at radius 2 is 1.47 bits per heavy atom. The molecule has 4 aromatic rings. The summed E-state index contributed by atoms with van der Waals surface area (Å²) in [6, 6.07) is 24.6. The van der Waals surface area contributed by atoms with Gasteiger partial charge in [-0.1, -0.05) is 66.4 Å². The van der Waals surface area contributed by atoms with Gasteiger partial charge in [-0.25, -0.2) is 9.97 Å². The van der Waals surface area contributed by atoms with E-state index in [4.69, 9.17) is 14.7 Å². The molecule has 0 spiro atoms. The molecule has 0 atom stereocenters. The minimum atomic E-state index is 0.0548. The number of fused-ring (bicyclic) bond motifs is 3. The van der Waals surface area contributed by atoms with Gasteiger partial charge in [0.05, 0.1) is 42.4 Å². The Balaban J connectivity index is 1.30. The molecule has 0 bridgehead atoms. The van der Waals surface area contributed by atoms with Crippen LogP contribution in [0.5, 0.6) is 0 Å². The number of benzene rings is 3. The average molecular weight is 497 g/mol. The van der Waals surface area contributed by atoms with Crippen molar-refractivity contribution in [2.75, 3.05) is 37.0 Å². The lowest BCUT2D eigenvalue weighted by Crippen LogP contribution is -2.36. The summed E-state index contributed by atoms with van der Waals surface area (Å²) in [6.45, 7) is 3.92. The maximum atomic E-state index is 13.8. The van der Waals surface area contributed by atoms with Crippen molar-refractivity contribution in [3.63, 3.8) is 0 Å². The molecule has 36 heavy (non-hydrogen) atoms. The number of aromatic nitrogens is 2. The van der Waals surface area contributed by atoms with Crippen molar-refractivity contribution in [3.05, 3.63) is 89.7 Å². The van der Waals surface area contributed by atoms with Gasteiger partial charge in [-0.2, -0.15) is 0 Å². The average Bonchev–Trinajstić information content (AvgIpc) is 3.09. The van der Waals surface area contributed by atoms with E-state index in [0.29, 0.717) is 12.3 Å². The maximum Gasteiger partial charge on any atom is 0.241 e. The number of morpholine rings is 1. The molecule has 0 saturated carbocycles. The Bertz CT molecular complexity index is 1360. The van der Waals surface area contributed by atoms with Crippen molar-refractivity contribution in [2.24, 2.45) is 0 Å². The van der Waals surface area contributed by atoms with Gasteiger partial charge in [-0.15, -0.1) is 0 Å². The molecule has 6 nitrogen and oxygen atoms in total. The summed E-state index contributed by atoms with van der Waals surface area (Å²) in [4.78, 5) is 27.8. The van der Waals surface area contributed by atoms with Crippen LogP contribution >= 0.6 is 11.8 Å². The molecular weight excluding hydrogens is 468 g/mol. The fraction of sp³-hybridized carbons (Fsp3) is 0.276. The predicted molar refractivity (Wildman–Crippen MR) is 144 cm³/mol. The van der Waals surface area contributed by atoms with E-state index in [9.17, 15) is 4.79 Å². The summed E-state index contributed by atoms with van der Waals surface area (Å²) in [5, 5.41) is 1.84. The van der Waals surface area contributed by atoms with Crippen LogP contribution in [0.4, 0.5) is 11.4 Å². The van der Waals surface area contributed by atoms with Crippen molar-refractivity contribution >= 4 is 39.9 Å². The van der Waals surface area contributed by atoms with Crippen molar-refractivity contribution in [3.8, 4) is 0 Å². The summed E-state index contributed by atoms with van der Waals surface area (Å²) in [5.41, 5.74) is 5.28. The molecule has 1 saturated heterocycles. The van der Waals surface area contributed by atoms with Crippen molar-refractivity contribution in [2.45, 2.75) is 24.4 Å². The second kappa shape index (κ2) is 10.4. The van der Waals surface area contributed by atoms with Gasteiger partial charge in [0, 0.05) is 18.5 Å². The van der Waals surface area contributed by atoms with Crippen LogP contribution in [0, 0.1) is 0 Å². The molecule has 3 heterocycles. The standard InChI is InChI=1S/C29H28N4O2S/c34-28(33-25-11-5-1-7-21(25)13-14-22-8-2-6-12-26(22)33)20-36-29-23-9-3-4-10-24(23)30-27(31-29)19-32-15-17-35-18-16-32/h1-12H,13-20H2. The molecule has 1 amide bonds. The topological polar surface area (TPSA) is 58.6 Å². The third-order valence-electron chi connectivity index (χ3n) is 6.79. The fourth-order valence-electron chi connectivity index (χ4n) is 4.98. The molecular formula is C29H28N4O2S. The summed E-state index contributed by atoms with van der Waals surface area (Å²) >= 11 is 1.50. The van der Waals surface area contributed by atoms with E-state index in [-0.39, 0.29) is 5.91 Å². The maximum absolute atomic E-state index is 13.8. The van der Waals surface area contributed by atoms with Crippen LogP contribution in [0.3, 0.4) is 0 Å². The van der Waals surface area contributed by atoms with Gasteiger partial charge in [0.15, 0.2) is 0 Å². The molecule has 0 radical (unpaired) electrons. The number of aryl methyl sites for hydroxylation is 2. The van der Waals surface area contributed by atoms with Crippen molar-refractivity contribution in [1.82, 2.24) is 14.9 Å². The summed E-state index contributed by atoms with van der Waals surface area (Å²) in [7, 11) is 0. The van der Waals surface area contributed by atoms with Gasteiger partial charge in [0.25, 0.3) is 0 Å². The Morgan fingerprint density at radius 3 is 2.19 bits per heavy atom. The molecule has 3 aromatic carbocycles. The first-order chi connectivity index (χ1) is 17.8. The number of hydrogen-bond acceptors (Lipinski definition) is 6. The number of nitrogens with zero attached hydrogens (tertiary/aromatic N) is 4. The highest BCUT2D eigenvalue weighted by molar-refractivity contribution is 8.00. The second-order valence-corrected chi connectivity index (χ2v) is 10.1. The summed E-state index contributed by atoms with van der Waals surface area (Å²) in [6.07, 6.45) is 1.84. The first kappa shape index (κ1) is 23.2. The first-order valence-electron chi connectivity index (χ1n) is 12.4. The van der Waals surface area contributed by atoms with E-state index < -0.39 is 0 Å². The molecule has 182 valence electrons. The molecule has 0 N–H and O–H groups in total. The number of anilines is 2. The monoisotopic (exact) mass is 496 g/mol. The molecule has 7 heteroatoms. The van der Waals surface area contributed by atoms with Crippen LogP contribution in [0.2, 0.25) is 0 Å². The van der Waals surface area contributed by atoms with Gasteiger partial charge in [-0.3, -0.25) is 14.6 Å². The number of para-hydroxylation sites is 3. The smallest absolute Gasteiger partial charge is 0.241 e. The molecule has 6 rings (SSSR count). The number of thioether (sulfide) groups is 1. The third kappa shape index (κ3) is 4.74. The Labute approximate surface area is 215 Å². The highest BCUT2D eigenvalue weighted by atomic mass is 32.2. The molecule has 1 aromatic heterocycles. The number of carbonyl (C=O) groups is 1. The lowest BCUT2D eigenvalue weighted by atomic mass is 10.0. The van der Waals surface area contributed by atoms with Crippen LogP contribution < -0.4 is 4.90 Å². The van der Waals surface area contributed by atoms with E-state index in [1.165, 1.54) is 22.9 Å². The zero-order chi connectivity index (χ0) is 24.3. The van der Waals surface area contributed by atoms with Crippen LogP contribution in [-0.4, -0.2) is 52.8 Å².